The fraction of sp³-hybridized carbons (Fsp3) is 0.462. The van der Waals surface area contributed by atoms with E-state index in [1.807, 2.05) is 26.0 Å². The van der Waals surface area contributed by atoms with E-state index in [0.717, 1.165) is 5.56 Å². The Balaban J connectivity index is 2.65. The summed E-state index contributed by atoms with van der Waals surface area (Å²) >= 11 is 3.27. The second kappa shape index (κ2) is 5.00. The first kappa shape index (κ1) is 13.2. The van der Waals surface area contributed by atoms with Gasteiger partial charge < -0.3 is 4.74 Å². The molecule has 0 amide bonds. The molecule has 0 radical (unpaired) electrons. The van der Waals surface area contributed by atoms with Crippen molar-refractivity contribution in [1.82, 2.24) is 0 Å². The molecule has 0 saturated carbocycles. The predicted molar refractivity (Wildman–Crippen MR) is 68.7 cm³/mol. The summed E-state index contributed by atoms with van der Waals surface area (Å²) in [5.41, 5.74) is 3.40. The third-order valence-corrected chi connectivity index (χ3v) is 2.46. The Kier molecular flexibility index (Phi) is 4.14. The summed E-state index contributed by atoms with van der Waals surface area (Å²) in [6.45, 7) is 7.95. The Morgan fingerprint density at radius 1 is 1.25 bits per heavy atom. The van der Waals surface area contributed by atoms with Crippen LogP contribution in [-0.2, 0) is 16.1 Å². The summed E-state index contributed by atoms with van der Waals surface area (Å²) < 4.78 is 4.60. The van der Waals surface area contributed by atoms with Crippen LogP contribution in [0.3, 0.4) is 0 Å². The van der Waals surface area contributed by atoms with Crippen LogP contribution in [0.15, 0.2) is 18.2 Å². The summed E-state index contributed by atoms with van der Waals surface area (Å²) in [4.78, 5) is 11.5. The van der Waals surface area contributed by atoms with Gasteiger partial charge in [-0.05, 0) is 33.3 Å². The molecule has 1 rings (SSSR count). The van der Waals surface area contributed by atoms with E-state index in [4.69, 9.17) is 4.74 Å². The highest BCUT2D eigenvalue weighted by Gasteiger charge is 2.25. The number of benzene rings is 1. The van der Waals surface area contributed by atoms with Crippen LogP contribution in [0.1, 0.15) is 30.5 Å². The minimum atomic E-state index is -0.619. The molecular formula is C13H17BrO2. The third kappa shape index (κ3) is 3.97. The maximum Gasteiger partial charge on any atom is 0.322 e. The van der Waals surface area contributed by atoms with Crippen LogP contribution in [0, 0.1) is 13.8 Å². The van der Waals surface area contributed by atoms with Crippen LogP contribution in [0.2, 0.25) is 0 Å². The van der Waals surface area contributed by atoms with Crippen molar-refractivity contribution in [3.63, 3.8) is 0 Å². The van der Waals surface area contributed by atoms with E-state index in [9.17, 15) is 4.79 Å². The number of aryl methyl sites for hydroxylation is 2. The Morgan fingerprint density at radius 2 is 1.75 bits per heavy atom. The topological polar surface area (TPSA) is 26.3 Å². The van der Waals surface area contributed by atoms with Gasteiger partial charge in [0.25, 0.3) is 0 Å². The highest BCUT2D eigenvalue weighted by molar-refractivity contribution is 9.10. The van der Waals surface area contributed by atoms with E-state index in [0.29, 0.717) is 6.61 Å². The third-order valence-electron chi connectivity index (χ3n) is 2.14. The van der Waals surface area contributed by atoms with Crippen LogP contribution in [-0.4, -0.2) is 10.3 Å². The quantitative estimate of drug-likeness (QED) is 0.627. The first-order chi connectivity index (χ1) is 7.29. The van der Waals surface area contributed by atoms with E-state index in [2.05, 4.69) is 22.0 Å². The molecule has 0 atom stereocenters. The van der Waals surface area contributed by atoms with Gasteiger partial charge in [0.1, 0.15) is 10.9 Å². The maximum absolute atomic E-state index is 11.5. The summed E-state index contributed by atoms with van der Waals surface area (Å²) in [5, 5.41) is 0. The minimum Gasteiger partial charge on any atom is -0.460 e. The van der Waals surface area contributed by atoms with E-state index in [-0.39, 0.29) is 5.97 Å². The first-order valence-corrected chi connectivity index (χ1v) is 6.01. The summed E-state index contributed by atoms with van der Waals surface area (Å²) in [6, 6.07) is 6.16. The fourth-order valence-corrected chi connectivity index (χ4v) is 1.59. The molecule has 16 heavy (non-hydrogen) atoms. The van der Waals surface area contributed by atoms with Crippen molar-refractivity contribution in [1.29, 1.82) is 0 Å². The molecule has 1 aromatic carbocycles. The smallest absolute Gasteiger partial charge is 0.322 e. The molecule has 0 spiro atoms. The Hall–Kier alpha value is -0.830. The minimum absolute atomic E-state index is 0.244. The van der Waals surface area contributed by atoms with Crippen molar-refractivity contribution >= 4 is 21.9 Å². The monoisotopic (exact) mass is 284 g/mol. The molecule has 0 unspecified atom stereocenters. The van der Waals surface area contributed by atoms with Crippen molar-refractivity contribution in [2.75, 3.05) is 0 Å². The van der Waals surface area contributed by atoms with Crippen molar-refractivity contribution in [3.8, 4) is 0 Å². The number of rotatable bonds is 3. The average molecular weight is 285 g/mol. The molecule has 0 N–H and O–H groups in total. The molecule has 0 aromatic heterocycles. The summed E-state index contributed by atoms with van der Waals surface area (Å²) in [7, 11) is 0. The van der Waals surface area contributed by atoms with Crippen LogP contribution in [0.4, 0.5) is 0 Å². The van der Waals surface area contributed by atoms with Crippen LogP contribution in [0.25, 0.3) is 0 Å². The van der Waals surface area contributed by atoms with Crippen molar-refractivity contribution in [3.05, 3.63) is 34.9 Å². The Bertz CT molecular complexity index is 371. The Morgan fingerprint density at radius 3 is 2.19 bits per heavy atom. The van der Waals surface area contributed by atoms with E-state index >= 15 is 0 Å². The molecule has 0 fully saturated rings. The molecule has 2 nitrogen and oxygen atoms in total. The van der Waals surface area contributed by atoms with Gasteiger partial charge in [-0.1, -0.05) is 45.3 Å². The number of carbonyl (C=O) groups excluding carboxylic acids is 1. The summed E-state index contributed by atoms with van der Waals surface area (Å²) in [5.74, 6) is -0.244. The van der Waals surface area contributed by atoms with Crippen LogP contribution < -0.4 is 0 Å². The van der Waals surface area contributed by atoms with Gasteiger partial charge in [0, 0.05) is 0 Å². The van der Waals surface area contributed by atoms with Gasteiger partial charge in [0.15, 0.2) is 0 Å². The lowest BCUT2D eigenvalue weighted by molar-refractivity contribution is -0.146. The van der Waals surface area contributed by atoms with Crippen LogP contribution in [0.5, 0.6) is 0 Å². The zero-order valence-electron chi connectivity index (χ0n) is 10.1. The van der Waals surface area contributed by atoms with Gasteiger partial charge in [0.2, 0.25) is 0 Å². The number of esters is 1. The van der Waals surface area contributed by atoms with Crippen molar-refractivity contribution in [2.45, 2.75) is 38.6 Å². The lowest BCUT2D eigenvalue weighted by Gasteiger charge is -2.15. The highest BCUT2D eigenvalue weighted by atomic mass is 79.9. The number of hydrogen-bond donors (Lipinski definition) is 0. The number of ether oxygens (including phenoxy) is 1. The predicted octanol–water partition coefficient (Wildman–Crippen LogP) is 3.52. The fourth-order valence-electron chi connectivity index (χ4n) is 1.47. The van der Waals surface area contributed by atoms with E-state index in [1.54, 1.807) is 13.8 Å². The average Bonchev–Trinajstić information content (AvgIpc) is 2.11. The SMILES string of the molecule is Cc1cc(C)cc(COC(=O)C(C)(C)Br)c1. The number of carbonyl (C=O) groups is 1. The lowest BCUT2D eigenvalue weighted by atomic mass is 10.1. The van der Waals surface area contributed by atoms with Gasteiger partial charge in [0.05, 0.1) is 0 Å². The molecule has 1 aromatic rings. The van der Waals surface area contributed by atoms with E-state index < -0.39 is 4.32 Å². The molecular weight excluding hydrogens is 268 g/mol. The normalized spacial score (nSPS) is 11.3. The molecule has 88 valence electrons. The first-order valence-electron chi connectivity index (χ1n) is 5.22. The van der Waals surface area contributed by atoms with Gasteiger partial charge in [-0.2, -0.15) is 0 Å². The largest absolute Gasteiger partial charge is 0.460 e. The molecule has 0 aliphatic rings. The second-order valence-corrected chi connectivity index (χ2v) is 6.53. The molecule has 3 heteroatoms. The molecule has 0 heterocycles. The number of halogens is 1. The number of alkyl halides is 1. The van der Waals surface area contributed by atoms with E-state index in [1.165, 1.54) is 11.1 Å². The standard InChI is InChI=1S/C13H17BrO2/c1-9-5-10(2)7-11(6-9)8-16-12(15)13(3,4)14/h5-7H,8H2,1-4H3. The van der Waals surface area contributed by atoms with Gasteiger partial charge in [-0.3, -0.25) is 4.79 Å². The molecule has 0 saturated heterocycles. The zero-order chi connectivity index (χ0) is 12.3. The van der Waals surface area contributed by atoms with Gasteiger partial charge in [-0.25, -0.2) is 0 Å². The van der Waals surface area contributed by atoms with Gasteiger partial charge >= 0.3 is 5.97 Å². The highest BCUT2D eigenvalue weighted by Crippen LogP contribution is 2.19. The van der Waals surface area contributed by atoms with Crippen molar-refractivity contribution in [2.24, 2.45) is 0 Å². The second-order valence-electron chi connectivity index (χ2n) is 4.54. The van der Waals surface area contributed by atoms with Crippen molar-refractivity contribution < 1.29 is 9.53 Å². The maximum atomic E-state index is 11.5. The molecule has 0 aliphatic heterocycles. The summed E-state index contributed by atoms with van der Waals surface area (Å²) in [6.07, 6.45) is 0. The Labute approximate surface area is 105 Å². The zero-order valence-corrected chi connectivity index (χ0v) is 11.7. The lowest BCUT2D eigenvalue weighted by Crippen LogP contribution is -2.26. The number of hydrogen-bond acceptors (Lipinski definition) is 2. The van der Waals surface area contributed by atoms with Crippen LogP contribution >= 0.6 is 15.9 Å². The molecule has 0 aliphatic carbocycles. The van der Waals surface area contributed by atoms with Gasteiger partial charge in [-0.15, -0.1) is 0 Å². The molecule has 0 bridgehead atoms.